The molecule has 1 aromatic heterocycles. The van der Waals surface area contributed by atoms with Gasteiger partial charge in [0.15, 0.2) is 6.20 Å². The summed E-state index contributed by atoms with van der Waals surface area (Å²) in [6, 6.07) is 19.8. The molecule has 1 saturated heterocycles. The molecule has 1 atom stereocenters. The number of benzene rings is 3. The van der Waals surface area contributed by atoms with Crippen LogP contribution in [0.25, 0.3) is 21.7 Å². The number of pyridine rings is 1. The summed E-state index contributed by atoms with van der Waals surface area (Å²) < 4.78 is 1.88. The molecule has 0 bridgehead atoms. The van der Waals surface area contributed by atoms with E-state index >= 15 is 0 Å². The number of nitrogens with one attached hydrogen (secondary N) is 1. The Morgan fingerprint density at radius 1 is 0.746 bits per heavy atom. The van der Waals surface area contributed by atoms with Crippen LogP contribution in [-0.2, 0) is 41.9 Å². The van der Waals surface area contributed by atoms with Gasteiger partial charge in [-0.25, -0.2) is 0 Å². The summed E-state index contributed by atoms with van der Waals surface area (Å²) in [7, 11) is 3.04. The molecule has 2 heterocycles. The van der Waals surface area contributed by atoms with Crippen molar-refractivity contribution in [2.24, 2.45) is 0 Å². The van der Waals surface area contributed by atoms with Crippen molar-refractivity contribution in [3.8, 4) is 0 Å². The van der Waals surface area contributed by atoms with Crippen LogP contribution in [-0.4, -0.2) is 198 Å². The largest absolute Gasteiger partial charge is 0.488 e. The van der Waals surface area contributed by atoms with Gasteiger partial charge in [-0.3, -0.25) is 43.6 Å². The summed E-state index contributed by atoms with van der Waals surface area (Å²) in [5.74, 6) is -3.61. The van der Waals surface area contributed by atoms with Gasteiger partial charge in [-0.1, -0.05) is 48.5 Å². The summed E-state index contributed by atoms with van der Waals surface area (Å²) in [5.41, 5.74) is 2.45. The van der Waals surface area contributed by atoms with Gasteiger partial charge in [0.2, 0.25) is 18.0 Å². The molecule has 1 aliphatic rings. The van der Waals surface area contributed by atoms with Crippen molar-refractivity contribution in [1.82, 2.24) is 34.9 Å². The zero-order valence-corrected chi connectivity index (χ0v) is 36.0. The van der Waals surface area contributed by atoms with Crippen molar-refractivity contribution in [2.75, 3.05) is 106 Å². The van der Waals surface area contributed by atoms with E-state index in [0.717, 1.165) is 27.2 Å². The van der Waals surface area contributed by atoms with Crippen molar-refractivity contribution < 1.29 is 58.7 Å². The SMILES string of the molecule is CNC(=O)C[n+]1cc2ccccc2c2cc(C(CN(Cc3ccccc3B(O)O)OC)N(C)C(=O)CN3CCN(CC(=O)O)CCN(CC(=O)O)CCN(CC(=O)O)CC3)ccc21. The Bertz CT molecular complexity index is 2200. The van der Waals surface area contributed by atoms with E-state index in [1.807, 2.05) is 58.1 Å². The number of likely N-dealkylation sites (N-methyl/N-ethyl adjacent to an activating group) is 2. The fraction of sp³-hybridized carbons (Fsp3) is 0.442. The predicted octanol–water partition coefficient (Wildman–Crippen LogP) is -1.26. The number of hydroxylamine groups is 2. The first-order valence-corrected chi connectivity index (χ1v) is 20.7. The standard InChI is InChI=1S/C43H57BN8O11/c1-45-39(53)26-51-23-32-8-4-6-10-34(32)35-22-31(12-13-37(35)51)38(25-52(63-3)24-33-9-5-7-11-36(33)44(61)62)46(2)40(54)27-47-14-16-48(28-41(55)56)18-20-50(30-43(59)60)21-19-49(17-15-47)29-42(57)58/h4-13,22-23,38,61-62H,14-21,24-30H2,1-3H3,(H3-,45,53,55,56,57,58,59,60)/p+1. The van der Waals surface area contributed by atoms with E-state index in [-0.39, 0.29) is 110 Å². The van der Waals surface area contributed by atoms with E-state index in [4.69, 9.17) is 4.84 Å². The van der Waals surface area contributed by atoms with E-state index < -0.39 is 31.1 Å². The molecule has 338 valence electrons. The zero-order valence-electron chi connectivity index (χ0n) is 36.0. The maximum Gasteiger partial charge on any atom is 0.488 e. The summed E-state index contributed by atoms with van der Waals surface area (Å²) >= 11 is 0. The van der Waals surface area contributed by atoms with Crippen LogP contribution in [0.3, 0.4) is 0 Å². The number of hydrogen-bond donors (Lipinski definition) is 6. The predicted molar refractivity (Wildman–Crippen MR) is 234 cm³/mol. The summed E-state index contributed by atoms with van der Waals surface area (Å²) in [6.45, 7) is 1.36. The summed E-state index contributed by atoms with van der Waals surface area (Å²) in [4.78, 5) is 77.1. The van der Waals surface area contributed by atoms with Gasteiger partial charge in [-0.05, 0) is 28.7 Å². The first-order valence-electron chi connectivity index (χ1n) is 20.7. The maximum atomic E-state index is 14.7. The van der Waals surface area contributed by atoms with Crippen LogP contribution < -0.4 is 15.3 Å². The summed E-state index contributed by atoms with van der Waals surface area (Å²) in [5, 5.41) is 56.2. The Morgan fingerprint density at radius 3 is 1.79 bits per heavy atom. The molecule has 0 saturated carbocycles. The number of nitrogens with zero attached hydrogens (tertiary/aromatic N) is 7. The number of fused-ring (bicyclic) bond motifs is 3. The van der Waals surface area contributed by atoms with Gasteiger partial charge in [0.25, 0.3) is 5.91 Å². The molecule has 0 spiro atoms. The van der Waals surface area contributed by atoms with Crippen molar-refractivity contribution in [1.29, 1.82) is 0 Å². The minimum Gasteiger partial charge on any atom is -0.480 e. The second kappa shape index (κ2) is 23.2. The van der Waals surface area contributed by atoms with Crippen LogP contribution in [0.4, 0.5) is 0 Å². The Morgan fingerprint density at radius 2 is 1.27 bits per heavy atom. The van der Waals surface area contributed by atoms with E-state index in [9.17, 15) is 49.3 Å². The Labute approximate surface area is 366 Å². The van der Waals surface area contributed by atoms with Crippen molar-refractivity contribution >= 4 is 64.0 Å². The topological polar surface area (TPSA) is 231 Å². The molecule has 0 radical (unpaired) electrons. The number of carbonyl (C=O) groups excluding carboxylic acids is 2. The highest BCUT2D eigenvalue weighted by atomic mass is 16.7. The number of aliphatic carboxylic acids is 3. The Balaban J connectivity index is 1.51. The highest BCUT2D eigenvalue weighted by Crippen LogP contribution is 2.29. The highest BCUT2D eigenvalue weighted by Gasteiger charge is 2.30. The smallest absolute Gasteiger partial charge is 0.480 e. The third kappa shape index (κ3) is 14.0. The van der Waals surface area contributed by atoms with Crippen LogP contribution >= 0.6 is 0 Å². The third-order valence-electron chi connectivity index (χ3n) is 11.4. The average molecular weight is 874 g/mol. The van der Waals surface area contributed by atoms with Crippen molar-refractivity contribution in [3.63, 3.8) is 0 Å². The quantitative estimate of drug-likeness (QED) is 0.0297. The number of rotatable bonds is 18. The average Bonchev–Trinajstić information content (AvgIpc) is 3.25. The molecule has 2 amide bonds. The third-order valence-corrected chi connectivity index (χ3v) is 11.4. The van der Waals surface area contributed by atoms with Gasteiger partial charge in [0.05, 0.1) is 44.7 Å². The molecule has 1 aliphatic heterocycles. The number of aromatic nitrogens is 1. The second-order valence-corrected chi connectivity index (χ2v) is 15.7. The lowest BCUT2D eigenvalue weighted by Crippen LogP contribution is -2.50. The first-order chi connectivity index (χ1) is 30.1. The number of hydrogen-bond acceptors (Lipinski definition) is 13. The molecule has 5 rings (SSSR count). The van der Waals surface area contributed by atoms with E-state index in [2.05, 4.69) is 5.32 Å². The molecule has 63 heavy (non-hydrogen) atoms. The molecule has 4 aromatic rings. The molecule has 0 aliphatic carbocycles. The van der Waals surface area contributed by atoms with Crippen LogP contribution in [0.15, 0.2) is 72.9 Å². The molecule has 20 heteroatoms. The van der Waals surface area contributed by atoms with Crippen molar-refractivity contribution in [3.05, 3.63) is 84.1 Å². The van der Waals surface area contributed by atoms with Crippen LogP contribution in [0, 0.1) is 0 Å². The lowest BCUT2D eigenvalue weighted by atomic mass is 9.77. The van der Waals surface area contributed by atoms with Gasteiger partial charge in [-0.2, -0.15) is 9.63 Å². The van der Waals surface area contributed by atoms with Crippen LogP contribution in [0.5, 0.6) is 0 Å². The van der Waals surface area contributed by atoms with Gasteiger partial charge in [-0.15, -0.1) is 0 Å². The van der Waals surface area contributed by atoms with Crippen LogP contribution in [0.2, 0.25) is 0 Å². The maximum absolute atomic E-state index is 14.7. The number of carboxylic acids is 3. The molecule has 1 fully saturated rings. The number of carboxylic acid groups (broad SMARTS) is 3. The molecular weight excluding hydrogens is 815 g/mol. The molecule has 19 nitrogen and oxygen atoms in total. The zero-order chi connectivity index (χ0) is 45.6. The lowest BCUT2D eigenvalue weighted by Gasteiger charge is -2.36. The van der Waals surface area contributed by atoms with Gasteiger partial charge >= 0.3 is 25.0 Å². The minimum absolute atomic E-state index is 0.0801. The van der Waals surface area contributed by atoms with E-state index in [1.165, 1.54) is 7.11 Å². The second-order valence-electron chi connectivity index (χ2n) is 15.7. The molecule has 1 unspecified atom stereocenters. The molecule has 6 N–H and O–H groups in total. The van der Waals surface area contributed by atoms with Gasteiger partial charge in [0.1, 0.15) is 0 Å². The minimum atomic E-state index is -1.73. The summed E-state index contributed by atoms with van der Waals surface area (Å²) in [6.07, 6.45) is 1.93. The number of carbonyl (C=O) groups is 5. The fourth-order valence-corrected chi connectivity index (χ4v) is 7.91. The van der Waals surface area contributed by atoms with Crippen LogP contribution in [0.1, 0.15) is 17.2 Å². The fourth-order valence-electron chi connectivity index (χ4n) is 7.91. The monoisotopic (exact) mass is 873 g/mol. The normalized spacial score (nSPS) is 15.7. The molecular formula is C43H58BN8O11+. The first kappa shape index (κ1) is 48.5. The number of amides is 2. The lowest BCUT2D eigenvalue weighted by molar-refractivity contribution is -0.657. The Kier molecular flexibility index (Phi) is 17.8. The van der Waals surface area contributed by atoms with E-state index in [0.29, 0.717) is 11.0 Å². The van der Waals surface area contributed by atoms with E-state index in [1.54, 1.807) is 63.0 Å². The highest BCUT2D eigenvalue weighted by molar-refractivity contribution is 6.59. The van der Waals surface area contributed by atoms with Crippen molar-refractivity contribution in [2.45, 2.75) is 19.1 Å². The van der Waals surface area contributed by atoms with Gasteiger partial charge in [0, 0.05) is 96.4 Å². The van der Waals surface area contributed by atoms with Gasteiger partial charge < -0.3 is 40.4 Å². The molecule has 3 aromatic carbocycles. The Hall–Kier alpha value is -5.58.